The van der Waals surface area contributed by atoms with Crippen LogP contribution in [-0.2, 0) is 9.84 Å². The zero-order valence-corrected chi connectivity index (χ0v) is 13.3. The summed E-state index contributed by atoms with van der Waals surface area (Å²) < 4.78 is 22.8. The number of hydrogen-bond acceptors (Lipinski definition) is 3. The van der Waals surface area contributed by atoms with Crippen LogP contribution in [0.5, 0.6) is 0 Å². The van der Waals surface area contributed by atoms with E-state index in [1.54, 1.807) is 0 Å². The van der Waals surface area contributed by atoms with E-state index >= 15 is 0 Å². The fourth-order valence-electron chi connectivity index (χ4n) is 2.00. The van der Waals surface area contributed by atoms with E-state index in [0.29, 0.717) is 0 Å². The minimum Gasteiger partial charge on any atom is -0.294 e. The topological polar surface area (TPSA) is 51.2 Å². The molecule has 1 unspecified atom stereocenters. The van der Waals surface area contributed by atoms with Gasteiger partial charge in [0, 0.05) is 5.92 Å². The Balaban J connectivity index is 2.43. The molecule has 0 amide bonds. The summed E-state index contributed by atoms with van der Waals surface area (Å²) in [6.07, 6.45) is 0.272. The Morgan fingerprint density at radius 2 is 1.74 bits per heavy atom. The lowest BCUT2D eigenvalue weighted by molar-refractivity contribution is 0.0933. The van der Waals surface area contributed by atoms with Crippen molar-refractivity contribution in [3.05, 3.63) is 31.7 Å². The minimum absolute atomic E-state index is 0.0000331. The van der Waals surface area contributed by atoms with Crippen LogP contribution in [-0.4, -0.2) is 25.7 Å². The average Bonchev–Trinajstić information content (AvgIpc) is 2.66. The largest absolute Gasteiger partial charge is 0.294 e. The van der Waals surface area contributed by atoms with Gasteiger partial charge in [0.05, 0.1) is 37.2 Å². The first-order chi connectivity index (χ1) is 8.73. The molecule has 0 N–H and O–H groups in total. The lowest BCUT2D eigenvalue weighted by atomic mass is 9.97. The Bertz CT molecular complexity index is 654. The van der Waals surface area contributed by atoms with Crippen LogP contribution in [0.3, 0.4) is 0 Å². The highest BCUT2D eigenvalue weighted by molar-refractivity contribution is 7.91. The van der Waals surface area contributed by atoms with Gasteiger partial charge in [0.1, 0.15) is 0 Å². The molecular formula is C11H8Cl4O3S. The summed E-state index contributed by atoms with van der Waals surface area (Å²) in [4.78, 5) is 12.3. The van der Waals surface area contributed by atoms with Crippen molar-refractivity contribution in [1.82, 2.24) is 0 Å². The molecule has 1 aliphatic rings. The summed E-state index contributed by atoms with van der Waals surface area (Å²) >= 11 is 23.6. The first-order valence-corrected chi connectivity index (χ1v) is 8.64. The van der Waals surface area contributed by atoms with Gasteiger partial charge in [0.2, 0.25) is 0 Å². The van der Waals surface area contributed by atoms with Crippen molar-refractivity contribution in [3.8, 4) is 0 Å². The van der Waals surface area contributed by atoms with Crippen molar-refractivity contribution >= 4 is 62.0 Å². The number of benzene rings is 1. The molecule has 1 aromatic rings. The summed E-state index contributed by atoms with van der Waals surface area (Å²) in [5, 5.41) is 0.228. The zero-order chi connectivity index (χ0) is 14.4. The molecule has 0 saturated carbocycles. The van der Waals surface area contributed by atoms with E-state index in [0.717, 1.165) is 0 Å². The van der Waals surface area contributed by atoms with E-state index in [2.05, 4.69) is 0 Å². The summed E-state index contributed by atoms with van der Waals surface area (Å²) in [7, 11) is -3.16. The molecule has 1 aliphatic heterocycles. The third-order valence-corrected chi connectivity index (χ3v) is 6.29. The predicted octanol–water partition coefficient (Wildman–Crippen LogP) is 3.92. The second-order valence-electron chi connectivity index (χ2n) is 4.31. The summed E-state index contributed by atoms with van der Waals surface area (Å²) in [5.41, 5.74) is 0.0415. The normalized spacial score (nSPS) is 21.6. The van der Waals surface area contributed by atoms with E-state index in [9.17, 15) is 13.2 Å². The zero-order valence-electron chi connectivity index (χ0n) is 9.42. The second kappa shape index (κ2) is 5.41. The first kappa shape index (κ1) is 15.4. The lowest BCUT2D eigenvalue weighted by Crippen LogP contribution is -2.17. The molecule has 1 aromatic carbocycles. The van der Waals surface area contributed by atoms with E-state index in [-0.39, 0.29) is 43.6 Å². The number of hydrogen-bond donors (Lipinski definition) is 0. The number of carbonyl (C=O) groups excluding carboxylic acids is 1. The number of Topliss-reactive ketones (excluding diaryl/α,β-unsaturated/α-hetero) is 1. The molecule has 0 bridgehead atoms. The lowest BCUT2D eigenvalue weighted by Gasteiger charge is -2.12. The van der Waals surface area contributed by atoms with Crippen molar-refractivity contribution in [2.24, 2.45) is 5.92 Å². The number of sulfone groups is 1. The minimum atomic E-state index is -3.16. The van der Waals surface area contributed by atoms with Crippen molar-refractivity contribution in [2.45, 2.75) is 6.42 Å². The van der Waals surface area contributed by atoms with Gasteiger partial charge in [0.15, 0.2) is 15.6 Å². The van der Waals surface area contributed by atoms with E-state index in [1.165, 1.54) is 6.07 Å². The number of halogens is 4. The van der Waals surface area contributed by atoms with Gasteiger partial charge in [0.25, 0.3) is 0 Å². The van der Waals surface area contributed by atoms with Gasteiger partial charge < -0.3 is 0 Å². The van der Waals surface area contributed by atoms with Gasteiger partial charge in [-0.2, -0.15) is 0 Å². The molecule has 0 aromatic heterocycles. The van der Waals surface area contributed by atoms with Crippen molar-refractivity contribution in [1.29, 1.82) is 0 Å². The third kappa shape index (κ3) is 3.03. The van der Waals surface area contributed by atoms with Crippen LogP contribution in [0.2, 0.25) is 20.1 Å². The van der Waals surface area contributed by atoms with Crippen LogP contribution in [0.25, 0.3) is 0 Å². The molecule has 3 nitrogen and oxygen atoms in total. The smallest absolute Gasteiger partial charge is 0.170 e. The molecule has 1 saturated heterocycles. The van der Waals surface area contributed by atoms with Crippen LogP contribution < -0.4 is 0 Å². The van der Waals surface area contributed by atoms with Gasteiger partial charge in [-0.1, -0.05) is 46.4 Å². The maximum atomic E-state index is 12.3. The molecule has 0 radical (unpaired) electrons. The van der Waals surface area contributed by atoms with Crippen LogP contribution in [0.1, 0.15) is 16.8 Å². The van der Waals surface area contributed by atoms with E-state index in [1.807, 2.05) is 0 Å². The maximum Gasteiger partial charge on any atom is 0.170 e. The average molecular weight is 362 g/mol. The number of rotatable bonds is 2. The third-order valence-electron chi connectivity index (χ3n) is 2.96. The van der Waals surface area contributed by atoms with Crippen molar-refractivity contribution < 1.29 is 13.2 Å². The molecule has 2 rings (SSSR count). The second-order valence-corrected chi connectivity index (χ2v) is 8.11. The van der Waals surface area contributed by atoms with Crippen LogP contribution in [0.4, 0.5) is 0 Å². The van der Waals surface area contributed by atoms with Crippen molar-refractivity contribution in [3.63, 3.8) is 0 Å². The highest BCUT2D eigenvalue weighted by Gasteiger charge is 2.35. The number of carbonyl (C=O) groups is 1. The Kier molecular flexibility index (Phi) is 4.38. The summed E-state index contributed by atoms with van der Waals surface area (Å²) in [5.74, 6) is -1.22. The molecular weight excluding hydrogens is 354 g/mol. The van der Waals surface area contributed by atoms with E-state index in [4.69, 9.17) is 46.4 Å². The van der Waals surface area contributed by atoms with Crippen LogP contribution >= 0.6 is 46.4 Å². The molecule has 1 atom stereocenters. The van der Waals surface area contributed by atoms with E-state index < -0.39 is 21.5 Å². The highest BCUT2D eigenvalue weighted by atomic mass is 35.5. The Labute approximate surface area is 130 Å². The van der Waals surface area contributed by atoms with Crippen LogP contribution in [0.15, 0.2) is 6.07 Å². The Hall–Kier alpha value is -0.000000000000000167. The van der Waals surface area contributed by atoms with Gasteiger partial charge in [-0.15, -0.1) is 0 Å². The Morgan fingerprint density at radius 3 is 2.26 bits per heavy atom. The molecule has 8 heteroatoms. The SMILES string of the molecule is O=C(c1c(Cl)cc(Cl)c(Cl)c1Cl)C1CCS(=O)(=O)C1. The fraction of sp³-hybridized carbons (Fsp3) is 0.364. The highest BCUT2D eigenvalue weighted by Crippen LogP contribution is 2.39. The molecule has 0 aliphatic carbocycles. The molecule has 1 fully saturated rings. The predicted molar refractivity (Wildman–Crippen MR) is 77.6 cm³/mol. The van der Waals surface area contributed by atoms with Gasteiger partial charge >= 0.3 is 0 Å². The maximum absolute atomic E-state index is 12.3. The van der Waals surface area contributed by atoms with Gasteiger partial charge in [-0.3, -0.25) is 4.79 Å². The molecule has 1 heterocycles. The van der Waals surface area contributed by atoms with Crippen LogP contribution in [0, 0.1) is 5.92 Å². The monoisotopic (exact) mass is 360 g/mol. The molecule has 19 heavy (non-hydrogen) atoms. The fourth-order valence-corrected chi connectivity index (χ4v) is 4.84. The Morgan fingerprint density at radius 1 is 1.11 bits per heavy atom. The van der Waals surface area contributed by atoms with Crippen molar-refractivity contribution in [2.75, 3.05) is 11.5 Å². The molecule has 0 spiro atoms. The summed E-state index contributed by atoms with van der Waals surface area (Å²) in [6.45, 7) is 0. The van der Waals surface area contributed by atoms with Gasteiger partial charge in [-0.05, 0) is 12.5 Å². The summed E-state index contributed by atoms with van der Waals surface area (Å²) in [6, 6.07) is 1.33. The van der Waals surface area contributed by atoms with Gasteiger partial charge in [-0.25, -0.2) is 8.42 Å². The standard InChI is InChI=1S/C11H8Cl4O3S/c12-6-3-7(13)9(14)10(15)8(6)11(16)5-1-2-19(17,18)4-5/h3,5H,1-2,4H2. The quantitative estimate of drug-likeness (QED) is 0.455. The molecule has 104 valence electrons. The number of ketones is 1. The first-order valence-electron chi connectivity index (χ1n) is 5.30.